The summed E-state index contributed by atoms with van der Waals surface area (Å²) in [6.45, 7) is 2.79. The summed E-state index contributed by atoms with van der Waals surface area (Å²) in [5.41, 5.74) is 8.28. The zero-order valence-corrected chi connectivity index (χ0v) is 10.2. The lowest BCUT2D eigenvalue weighted by atomic mass is 9.95. The van der Waals surface area contributed by atoms with Crippen LogP contribution in [-0.2, 0) is 0 Å². The van der Waals surface area contributed by atoms with Gasteiger partial charge in [-0.2, -0.15) is 0 Å². The first-order valence-electron chi connectivity index (χ1n) is 5.47. The molecular weight excluding hydrogens is 216 g/mol. The molecule has 0 bridgehead atoms. The summed E-state index contributed by atoms with van der Waals surface area (Å²) >= 11 is 1.70. The maximum absolute atomic E-state index is 5.68. The Labute approximate surface area is 100 Å². The van der Waals surface area contributed by atoms with E-state index < -0.39 is 0 Å². The molecule has 2 nitrogen and oxygen atoms in total. The van der Waals surface area contributed by atoms with Crippen molar-refractivity contribution < 1.29 is 0 Å². The summed E-state index contributed by atoms with van der Waals surface area (Å²) in [5.74, 6) is 0.352. The molecule has 0 aliphatic carbocycles. The van der Waals surface area contributed by atoms with E-state index in [1.807, 2.05) is 11.6 Å². The van der Waals surface area contributed by atoms with Crippen molar-refractivity contribution in [1.29, 1.82) is 0 Å². The zero-order chi connectivity index (χ0) is 11.4. The molecular formula is C13H16N2S. The van der Waals surface area contributed by atoms with Crippen LogP contribution >= 0.6 is 11.3 Å². The van der Waals surface area contributed by atoms with Crippen molar-refractivity contribution >= 4 is 11.3 Å². The van der Waals surface area contributed by atoms with Gasteiger partial charge in [-0.3, -0.25) is 0 Å². The summed E-state index contributed by atoms with van der Waals surface area (Å²) in [6.07, 6.45) is 2.81. The van der Waals surface area contributed by atoms with Gasteiger partial charge in [0.25, 0.3) is 0 Å². The highest BCUT2D eigenvalue weighted by atomic mass is 32.1. The van der Waals surface area contributed by atoms with Gasteiger partial charge in [0.15, 0.2) is 0 Å². The maximum atomic E-state index is 5.68. The second-order valence-electron chi connectivity index (χ2n) is 3.91. The normalized spacial score (nSPS) is 12.6. The minimum atomic E-state index is 0.352. The third-order valence-corrected chi connectivity index (χ3v) is 3.57. The number of aromatic nitrogens is 1. The number of aryl methyl sites for hydroxylation is 1. The maximum Gasteiger partial charge on any atom is 0.1000 e. The minimum absolute atomic E-state index is 0.352. The van der Waals surface area contributed by atoms with Gasteiger partial charge in [-0.25, -0.2) is 4.98 Å². The van der Waals surface area contributed by atoms with Gasteiger partial charge in [0.1, 0.15) is 0 Å². The van der Waals surface area contributed by atoms with E-state index >= 15 is 0 Å². The fraction of sp³-hybridized carbons (Fsp3) is 0.308. The molecule has 2 aromatic rings. The Bertz CT molecular complexity index is 420. The highest BCUT2D eigenvalue weighted by molar-refractivity contribution is 7.09. The highest BCUT2D eigenvalue weighted by Crippen LogP contribution is 2.29. The summed E-state index contributed by atoms with van der Waals surface area (Å²) < 4.78 is 0. The van der Waals surface area contributed by atoms with E-state index in [9.17, 15) is 0 Å². The topological polar surface area (TPSA) is 38.9 Å². The number of thiazole rings is 1. The molecule has 0 amide bonds. The first kappa shape index (κ1) is 11.3. The lowest BCUT2D eigenvalue weighted by Gasteiger charge is -2.13. The molecule has 16 heavy (non-hydrogen) atoms. The van der Waals surface area contributed by atoms with E-state index in [1.165, 1.54) is 11.1 Å². The number of hydrogen-bond donors (Lipinski definition) is 1. The van der Waals surface area contributed by atoms with Gasteiger partial charge in [-0.1, -0.05) is 29.8 Å². The van der Waals surface area contributed by atoms with Gasteiger partial charge < -0.3 is 5.73 Å². The van der Waals surface area contributed by atoms with Crippen molar-refractivity contribution in [2.45, 2.75) is 19.3 Å². The molecule has 1 heterocycles. The number of nitrogens with two attached hydrogens (primary N) is 1. The predicted octanol–water partition coefficient (Wildman–Crippen LogP) is 2.93. The third kappa shape index (κ3) is 2.49. The largest absolute Gasteiger partial charge is 0.330 e. The average Bonchev–Trinajstić information content (AvgIpc) is 2.81. The van der Waals surface area contributed by atoms with Crippen molar-refractivity contribution in [2.24, 2.45) is 5.73 Å². The Kier molecular flexibility index (Phi) is 3.70. The molecule has 0 saturated heterocycles. The minimum Gasteiger partial charge on any atom is -0.330 e. The summed E-state index contributed by atoms with van der Waals surface area (Å²) in [5, 5.41) is 3.18. The van der Waals surface area contributed by atoms with Crippen molar-refractivity contribution in [1.82, 2.24) is 4.98 Å². The van der Waals surface area contributed by atoms with E-state index in [0.717, 1.165) is 11.4 Å². The van der Waals surface area contributed by atoms with Gasteiger partial charge in [0.2, 0.25) is 0 Å². The zero-order valence-electron chi connectivity index (χ0n) is 9.39. The van der Waals surface area contributed by atoms with Crippen LogP contribution in [0.3, 0.4) is 0 Å². The predicted molar refractivity (Wildman–Crippen MR) is 68.8 cm³/mol. The fourth-order valence-corrected chi connectivity index (χ4v) is 2.61. The van der Waals surface area contributed by atoms with E-state index in [1.54, 1.807) is 11.3 Å². The van der Waals surface area contributed by atoms with Crippen molar-refractivity contribution in [2.75, 3.05) is 6.54 Å². The number of benzene rings is 1. The molecule has 1 unspecified atom stereocenters. The molecule has 2 rings (SSSR count). The van der Waals surface area contributed by atoms with Gasteiger partial charge >= 0.3 is 0 Å². The Morgan fingerprint density at radius 1 is 1.31 bits per heavy atom. The lowest BCUT2D eigenvalue weighted by molar-refractivity contribution is 0.720. The monoisotopic (exact) mass is 232 g/mol. The van der Waals surface area contributed by atoms with E-state index in [4.69, 9.17) is 5.73 Å². The lowest BCUT2D eigenvalue weighted by Crippen LogP contribution is -2.08. The van der Waals surface area contributed by atoms with Crippen LogP contribution in [0.2, 0.25) is 0 Å². The molecule has 0 aliphatic rings. The van der Waals surface area contributed by atoms with Crippen LogP contribution in [0, 0.1) is 6.92 Å². The molecule has 3 heteroatoms. The number of rotatable bonds is 4. The summed E-state index contributed by atoms with van der Waals surface area (Å²) in [7, 11) is 0. The Morgan fingerprint density at radius 3 is 2.62 bits per heavy atom. The van der Waals surface area contributed by atoms with Crippen LogP contribution in [-0.4, -0.2) is 11.5 Å². The summed E-state index contributed by atoms with van der Waals surface area (Å²) in [6, 6.07) is 8.65. The fourth-order valence-electron chi connectivity index (χ4n) is 1.80. The average molecular weight is 232 g/mol. The molecule has 0 saturated carbocycles. The van der Waals surface area contributed by atoms with Crippen LogP contribution in [0.4, 0.5) is 0 Å². The SMILES string of the molecule is Cc1ccc(C(CCN)c2nccs2)cc1. The highest BCUT2D eigenvalue weighted by Gasteiger charge is 2.15. The van der Waals surface area contributed by atoms with Crippen LogP contribution < -0.4 is 5.73 Å². The van der Waals surface area contributed by atoms with Crippen LogP contribution in [0.25, 0.3) is 0 Å². The Hall–Kier alpha value is -1.19. The van der Waals surface area contributed by atoms with Crippen LogP contribution in [0.15, 0.2) is 35.8 Å². The van der Waals surface area contributed by atoms with Gasteiger partial charge in [-0.05, 0) is 25.5 Å². The molecule has 1 aromatic carbocycles. The van der Waals surface area contributed by atoms with Gasteiger partial charge in [-0.15, -0.1) is 11.3 Å². The van der Waals surface area contributed by atoms with E-state index in [0.29, 0.717) is 12.5 Å². The van der Waals surface area contributed by atoms with E-state index in [2.05, 4.69) is 36.2 Å². The van der Waals surface area contributed by atoms with Gasteiger partial charge in [0.05, 0.1) is 5.01 Å². The molecule has 0 fully saturated rings. The first-order valence-corrected chi connectivity index (χ1v) is 6.35. The number of hydrogen-bond acceptors (Lipinski definition) is 3. The number of nitrogens with zero attached hydrogens (tertiary/aromatic N) is 1. The molecule has 1 aromatic heterocycles. The van der Waals surface area contributed by atoms with Crippen molar-refractivity contribution in [3.05, 3.63) is 52.0 Å². The third-order valence-electron chi connectivity index (χ3n) is 2.68. The van der Waals surface area contributed by atoms with Gasteiger partial charge in [0, 0.05) is 17.5 Å². The molecule has 0 radical (unpaired) electrons. The first-order chi connectivity index (χ1) is 7.81. The molecule has 84 valence electrons. The van der Waals surface area contributed by atoms with Crippen LogP contribution in [0.5, 0.6) is 0 Å². The van der Waals surface area contributed by atoms with Crippen molar-refractivity contribution in [3.8, 4) is 0 Å². The smallest absolute Gasteiger partial charge is 0.1000 e. The Morgan fingerprint density at radius 2 is 2.06 bits per heavy atom. The molecule has 0 aliphatic heterocycles. The summed E-state index contributed by atoms with van der Waals surface area (Å²) in [4.78, 5) is 4.40. The molecule has 0 spiro atoms. The molecule has 1 atom stereocenters. The second kappa shape index (κ2) is 5.23. The molecule has 2 N–H and O–H groups in total. The van der Waals surface area contributed by atoms with E-state index in [-0.39, 0.29) is 0 Å². The van der Waals surface area contributed by atoms with Crippen LogP contribution in [0.1, 0.15) is 28.5 Å². The quantitative estimate of drug-likeness (QED) is 0.880. The standard InChI is InChI=1S/C13H16N2S/c1-10-2-4-11(5-3-10)12(6-7-14)13-15-8-9-16-13/h2-5,8-9,12H,6-7,14H2,1H3. The second-order valence-corrected chi connectivity index (χ2v) is 4.84. The Balaban J connectivity index is 2.29. The van der Waals surface area contributed by atoms with Crippen molar-refractivity contribution in [3.63, 3.8) is 0 Å².